The highest BCUT2D eigenvalue weighted by molar-refractivity contribution is 9.10. The number of phenolic OH excluding ortho intramolecular Hbond substituents is 1. The minimum absolute atomic E-state index is 0.0409. The maximum atomic E-state index is 13.7. The summed E-state index contributed by atoms with van der Waals surface area (Å²) in [7, 11) is 0. The lowest BCUT2D eigenvalue weighted by atomic mass is 9.98. The molecule has 0 spiro atoms. The van der Waals surface area contributed by atoms with E-state index in [4.69, 9.17) is 0 Å². The maximum Gasteiger partial charge on any atom is 0.144 e. The maximum absolute atomic E-state index is 13.7. The topological polar surface area (TPSA) is 32.3 Å². The molecule has 4 heteroatoms. The predicted octanol–water partition coefficient (Wildman–Crippen LogP) is 2.45. The fourth-order valence-corrected chi connectivity index (χ4v) is 2.32. The van der Waals surface area contributed by atoms with Gasteiger partial charge in [0.1, 0.15) is 11.6 Å². The van der Waals surface area contributed by atoms with Crippen molar-refractivity contribution in [2.45, 2.75) is 12.8 Å². The third-order valence-electron chi connectivity index (χ3n) is 2.81. The van der Waals surface area contributed by atoms with E-state index in [-0.39, 0.29) is 16.0 Å². The lowest BCUT2D eigenvalue weighted by molar-refractivity contribution is 0.460. The Morgan fingerprint density at radius 3 is 3.00 bits per heavy atom. The number of phenols is 1. The second kappa shape index (κ2) is 4.49. The van der Waals surface area contributed by atoms with Gasteiger partial charge in [-0.15, -0.1) is 0 Å². The van der Waals surface area contributed by atoms with Crippen LogP contribution in [-0.2, 0) is 6.42 Å². The van der Waals surface area contributed by atoms with Gasteiger partial charge in [0.25, 0.3) is 0 Å². The van der Waals surface area contributed by atoms with E-state index < -0.39 is 0 Å². The van der Waals surface area contributed by atoms with Crippen molar-refractivity contribution in [2.75, 3.05) is 13.1 Å². The largest absolute Gasteiger partial charge is 0.507 e. The average molecular weight is 274 g/mol. The van der Waals surface area contributed by atoms with Gasteiger partial charge in [0.2, 0.25) is 0 Å². The van der Waals surface area contributed by atoms with Gasteiger partial charge >= 0.3 is 0 Å². The van der Waals surface area contributed by atoms with E-state index in [1.165, 1.54) is 6.07 Å². The normalized spacial score (nSPS) is 20.8. The van der Waals surface area contributed by atoms with E-state index in [0.717, 1.165) is 25.9 Å². The molecule has 2 rings (SSSR count). The van der Waals surface area contributed by atoms with Crippen molar-refractivity contribution in [1.29, 1.82) is 0 Å². The molecular weight excluding hydrogens is 261 g/mol. The van der Waals surface area contributed by atoms with Gasteiger partial charge in [-0.05, 0) is 59.4 Å². The van der Waals surface area contributed by atoms with E-state index in [0.29, 0.717) is 11.5 Å². The van der Waals surface area contributed by atoms with E-state index in [9.17, 15) is 9.50 Å². The summed E-state index contributed by atoms with van der Waals surface area (Å²) >= 11 is 3.04. The van der Waals surface area contributed by atoms with Crippen LogP contribution >= 0.6 is 15.9 Å². The van der Waals surface area contributed by atoms with Crippen molar-refractivity contribution in [3.05, 3.63) is 28.0 Å². The fraction of sp³-hybridized carbons (Fsp3) is 0.455. The molecule has 1 heterocycles. The van der Waals surface area contributed by atoms with Gasteiger partial charge in [0.05, 0.1) is 4.47 Å². The molecule has 0 amide bonds. The minimum Gasteiger partial charge on any atom is -0.507 e. The van der Waals surface area contributed by atoms with Crippen molar-refractivity contribution in [3.8, 4) is 5.75 Å². The smallest absolute Gasteiger partial charge is 0.144 e. The molecule has 1 atom stereocenters. The third kappa shape index (κ3) is 2.32. The molecule has 0 aliphatic carbocycles. The van der Waals surface area contributed by atoms with Gasteiger partial charge in [0, 0.05) is 0 Å². The van der Waals surface area contributed by atoms with Gasteiger partial charge in [0.15, 0.2) is 0 Å². The zero-order valence-electron chi connectivity index (χ0n) is 8.26. The summed E-state index contributed by atoms with van der Waals surface area (Å²) in [6.07, 6.45) is 1.83. The van der Waals surface area contributed by atoms with Crippen LogP contribution in [0.5, 0.6) is 5.75 Å². The second-order valence-electron chi connectivity index (χ2n) is 3.93. The summed E-state index contributed by atoms with van der Waals surface area (Å²) < 4.78 is 13.9. The molecule has 1 aliphatic heterocycles. The first kappa shape index (κ1) is 10.9. The molecule has 0 radical (unpaired) electrons. The fourth-order valence-electron chi connectivity index (χ4n) is 1.94. The van der Waals surface area contributed by atoms with E-state index in [2.05, 4.69) is 21.2 Å². The lowest BCUT2D eigenvalue weighted by Crippen LogP contribution is -2.11. The number of benzene rings is 1. The van der Waals surface area contributed by atoms with Gasteiger partial charge in [-0.2, -0.15) is 0 Å². The second-order valence-corrected chi connectivity index (χ2v) is 4.73. The van der Waals surface area contributed by atoms with Crippen molar-refractivity contribution in [2.24, 2.45) is 5.92 Å². The molecular formula is C11H13BrFNO. The molecule has 0 bridgehead atoms. The van der Waals surface area contributed by atoms with Crippen LogP contribution in [0.15, 0.2) is 16.6 Å². The Hall–Kier alpha value is -0.610. The Morgan fingerprint density at radius 2 is 2.33 bits per heavy atom. The lowest BCUT2D eigenvalue weighted by Gasteiger charge is -2.10. The van der Waals surface area contributed by atoms with E-state index in [1.54, 1.807) is 6.07 Å². The Balaban J connectivity index is 2.17. The average Bonchev–Trinajstić information content (AvgIpc) is 2.72. The summed E-state index contributed by atoms with van der Waals surface area (Å²) in [5.41, 5.74) is 0.674. The first-order valence-electron chi connectivity index (χ1n) is 5.05. The number of halogens is 2. The molecule has 2 N–H and O–H groups in total. The van der Waals surface area contributed by atoms with Crippen LogP contribution in [0.1, 0.15) is 12.0 Å². The quantitative estimate of drug-likeness (QED) is 0.868. The van der Waals surface area contributed by atoms with Gasteiger partial charge in [-0.25, -0.2) is 4.39 Å². The number of aromatic hydroxyl groups is 1. The number of hydrogen-bond donors (Lipinski definition) is 2. The van der Waals surface area contributed by atoms with Crippen LogP contribution < -0.4 is 5.32 Å². The van der Waals surface area contributed by atoms with E-state index in [1.807, 2.05) is 0 Å². The number of nitrogens with one attached hydrogen (secondary N) is 1. The van der Waals surface area contributed by atoms with E-state index >= 15 is 0 Å². The molecule has 1 unspecified atom stereocenters. The standard InChI is InChI=1S/C11H13BrFNO/c12-10-9(15)2-1-8(11(10)13)5-7-3-4-14-6-7/h1-2,7,14-15H,3-6H2. The number of hydrogen-bond acceptors (Lipinski definition) is 2. The highest BCUT2D eigenvalue weighted by Crippen LogP contribution is 2.30. The third-order valence-corrected chi connectivity index (χ3v) is 3.57. The molecule has 0 saturated carbocycles. The molecule has 1 saturated heterocycles. The summed E-state index contributed by atoms with van der Waals surface area (Å²) in [5, 5.41) is 12.5. The summed E-state index contributed by atoms with van der Waals surface area (Å²) in [5.74, 6) is 0.138. The number of rotatable bonds is 2. The first-order valence-corrected chi connectivity index (χ1v) is 5.84. The molecule has 1 aliphatic rings. The zero-order chi connectivity index (χ0) is 10.8. The van der Waals surface area contributed by atoms with Crippen molar-refractivity contribution < 1.29 is 9.50 Å². The van der Waals surface area contributed by atoms with Crippen LogP contribution in [0.25, 0.3) is 0 Å². The van der Waals surface area contributed by atoms with Crippen molar-refractivity contribution >= 4 is 15.9 Å². The van der Waals surface area contributed by atoms with Crippen LogP contribution in [0.2, 0.25) is 0 Å². The molecule has 1 fully saturated rings. The summed E-state index contributed by atoms with van der Waals surface area (Å²) in [4.78, 5) is 0. The molecule has 1 aromatic carbocycles. The van der Waals surface area contributed by atoms with Crippen LogP contribution in [0, 0.1) is 11.7 Å². The molecule has 82 valence electrons. The molecule has 0 aromatic heterocycles. The Kier molecular flexibility index (Phi) is 3.26. The highest BCUT2D eigenvalue weighted by Gasteiger charge is 2.18. The van der Waals surface area contributed by atoms with Gasteiger partial charge in [-0.3, -0.25) is 0 Å². The Morgan fingerprint density at radius 1 is 1.53 bits per heavy atom. The Bertz CT molecular complexity index is 364. The monoisotopic (exact) mass is 273 g/mol. The van der Waals surface area contributed by atoms with Crippen molar-refractivity contribution in [1.82, 2.24) is 5.32 Å². The minimum atomic E-state index is -0.332. The molecule has 15 heavy (non-hydrogen) atoms. The van der Waals surface area contributed by atoms with Crippen LogP contribution in [0.3, 0.4) is 0 Å². The zero-order valence-corrected chi connectivity index (χ0v) is 9.85. The van der Waals surface area contributed by atoms with Gasteiger partial charge in [-0.1, -0.05) is 6.07 Å². The predicted molar refractivity (Wildman–Crippen MR) is 60.4 cm³/mol. The Labute approximate surface area is 96.6 Å². The first-order chi connectivity index (χ1) is 7.18. The SMILES string of the molecule is Oc1ccc(CC2CCNC2)c(F)c1Br. The molecule has 2 nitrogen and oxygen atoms in total. The van der Waals surface area contributed by atoms with Crippen LogP contribution in [-0.4, -0.2) is 18.2 Å². The highest BCUT2D eigenvalue weighted by atomic mass is 79.9. The summed E-state index contributed by atoms with van der Waals surface area (Å²) in [6, 6.07) is 3.19. The van der Waals surface area contributed by atoms with Gasteiger partial charge < -0.3 is 10.4 Å². The van der Waals surface area contributed by atoms with Crippen molar-refractivity contribution in [3.63, 3.8) is 0 Å². The van der Waals surface area contributed by atoms with Crippen LogP contribution in [0.4, 0.5) is 4.39 Å². The molecule has 1 aromatic rings. The summed E-state index contributed by atoms with van der Waals surface area (Å²) in [6.45, 7) is 1.98.